The number of hydrogen-bond acceptors (Lipinski definition) is 5. The van der Waals surface area contributed by atoms with Gasteiger partial charge in [-0.3, -0.25) is 4.79 Å². The van der Waals surface area contributed by atoms with E-state index in [0.29, 0.717) is 12.2 Å². The van der Waals surface area contributed by atoms with Gasteiger partial charge in [0.15, 0.2) is 17.3 Å². The topological polar surface area (TPSA) is 87.0 Å². The molecule has 0 bridgehead atoms. The summed E-state index contributed by atoms with van der Waals surface area (Å²) in [4.78, 5) is 12.4. The molecule has 3 N–H and O–H groups in total. The largest absolute Gasteiger partial charge is 0.504 e. The first-order chi connectivity index (χ1) is 11.1. The van der Waals surface area contributed by atoms with Gasteiger partial charge in [-0.25, -0.2) is 0 Å². The number of benzene rings is 2. The summed E-state index contributed by atoms with van der Waals surface area (Å²) in [7, 11) is 0. The van der Waals surface area contributed by atoms with Gasteiger partial charge in [-0.15, -0.1) is 0 Å². The molecule has 0 radical (unpaired) electrons. The van der Waals surface area contributed by atoms with Crippen LogP contribution in [0.1, 0.15) is 42.1 Å². The van der Waals surface area contributed by atoms with Crippen LogP contribution in [0.4, 0.5) is 0 Å². The van der Waals surface area contributed by atoms with Gasteiger partial charge in [0.05, 0.1) is 12.2 Å². The Balaban J connectivity index is 2.28. The van der Waals surface area contributed by atoms with E-state index in [1.807, 2.05) is 6.92 Å². The molecule has 0 aliphatic rings. The van der Waals surface area contributed by atoms with Crippen LogP contribution in [-0.2, 0) is 0 Å². The summed E-state index contributed by atoms with van der Waals surface area (Å²) in [6.07, 6.45) is 2.73. The Kier molecular flexibility index (Phi) is 5.46. The van der Waals surface area contributed by atoms with E-state index in [4.69, 9.17) is 4.74 Å². The summed E-state index contributed by atoms with van der Waals surface area (Å²) < 4.78 is 5.32. The Morgan fingerprint density at radius 2 is 1.74 bits per heavy atom. The number of ketones is 1. The van der Waals surface area contributed by atoms with Crippen LogP contribution in [0, 0.1) is 0 Å². The lowest BCUT2D eigenvalue weighted by atomic mass is 10.0. The smallest absolute Gasteiger partial charge is 0.207 e. The highest BCUT2D eigenvalue weighted by Gasteiger charge is 2.23. The minimum absolute atomic E-state index is 0.174. The number of carbonyl (C=O) groups excluding carboxylic acids is 1. The first-order valence-electron chi connectivity index (χ1n) is 7.56. The Morgan fingerprint density at radius 1 is 1.04 bits per heavy atom. The molecule has 0 heterocycles. The third-order valence-electron chi connectivity index (χ3n) is 3.48. The Hall–Kier alpha value is -2.69. The molecule has 0 saturated carbocycles. The van der Waals surface area contributed by atoms with Crippen molar-refractivity contribution in [2.45, 2.75) is 26.2 Å². The van der Waals surface area contributed by atoms with E-state index in [0.717, 1.165) is 25.3 Å². The van der Waals surface area contributed by atoms with E-state index in [-0.39, 0.29) is 17.1 Å². The van der Waals surface area contributed by atoms with Gasteiger partial charge in [-0.1, -0.05) is 50.1 Å². The summed E-state index contributed by atoms with van der Waals surface area (Å²) in [5.74, 6) is -2.30. The maximum Gasteiger partial charge on any atom is 0.207 e. The maximum atomic E-state index is 12.4. The number of rotatable bonds is 7. The van der Waals surface area contributed by atoms with Gasteiger partial charge in [0.25, 0.3) is 0 Å². The van der Waals surface area contributed by atoms with Crippen molar-refractivity contribution in [2.24, 2.45) is 0 Å². The van der Waals surface area contributed by atoms with Gasteiger partial charge in [0, 0.05) is 5.56 Å². The van der Waals surface area contributed by atoms with Crippen LogP contribution in [0.3, 0.4) is 0 Å². The van der Waals surface area contributed by atoms with Gasteiger partial charge in [0.2, 0.25) is 11.5 Å². The molecular formula is C18H20O5. The first kappa shape index (κ1) is 16.7. The predicted molar refractivity (Wildman–Crippen MR) is 86.3 cm³/mol. The Morgan fingerprint density at radius 3 is 2.39 bits per heavy atom. The van der Waals surface area contributed by atoms with E-state index in [2.05, 4.69) is 0 Å². The number of phenols is 3. The zero-order valence-electron chi connectivity index (χ0n) is 13.0. The van der Waals surface area contributed by atoms with E-state index in [9.17, 15) is 20.1 Å². The maximum absolute atomic E-state index is 12.4. The normalized spacial score (nSPS) is 10.5. The molecule has 0 aliphatic heterocycles. The summed E-state index contributed by atoms with van der Waals surface area (Å²) >= 11 is 0. The van der Waals surface area contributed by atoms with Crippen molar-refractivity contribution < 1.29 is 24.9 Å². The Bertz CT molecular complexity index is 680. The first-order valence-corrected chi connectivity index (χ1v) is 7.56. The highest BCUT2D eigenvalue weighted by Crippen LogP contribution is 2.45. The van der Waals surface area contributed by atoms with Crippen LogP contribution in [0.2, 0.25) is 0 Å². The lowest BCUT2D eigenvalue weighted by molar-refractivity contribution is 0.103. The fourth-order valence-electron chi connectivity index (χ4n) is 2.21. The average Bonchev–Trinajstić information content (AvgIpc) is 2.57. The fourth-order valence-corrected chi connectivity index (χ4v) is 2.21. The molecule has 0 fully saturated rings. The number of carbonyl (C=O) groups is 1. The van der Waals surface area contributed by atoms with Crippen molar-refractivity contribution in [3.05, 3.63) is 47.5 Å². The molecule has 23 heavy (non-hydrogen) atoms. The third-order valence-corrected chi connectivity index (χ3v) is 3.48. The lowest BCUT2D eigenvalue weighted by Crippen LogP contribution is -2.03. The van der Waals surface area contributed by atoms with Gasteiger partial charge in [-0.2, -0.15) is 0 Å². The monoisotopic (exact) mass is 316 g/mol. The second-order valence-corrected chi connectivity index (χ2v) is 5.22. The van der Waals surface area contributed by atoms with Crippen molar-refractivity contribution in [3.8, 4) is 23.0 Å². The summed E-state index contributed by atoms with van der Waals surface area (Å²) in [5, 5.41) is 30.1. The van der Waals surface area contributed by atoms with E-state index in [1.165, 1.54) is 0 Å². The van der Waals surface area contributed by atoms with Crippen molar-refractivity contribution in [3.63, 3.8) is 0 Å². The number of ether oxygens (including phenoxy) is 1. The highest BCUT2D eigenvalue weighted by molar-refractivity contribution is 6.11. The van der Waals surface area contributed by atoms with Gasteiger partial charge >= 0.3 is 0 Å². The number of phenolic OH excluding ortho intramolecular Hbond substituents is 3. The zero-order valence-corrected chi connectivity index (χ0v) is 13.0. The number of aromatic hydroxyl groups is 3. The van der Waals surface area contributed by atoms with Crippen molar-refractivity contribution in [2.75, 3.05) is 6.61 Å². The quantitative estimate of drug-likeness (QED) is 0.314. The standard InChI is InChI=1S/C18H20O5/c1-2-3-7-10-23-18-14(19)11-13(16(21)17(18)22)15(20)12-8-5-4-6-9-12/h4-6,8-9,11,19,21-22H,2-3,7,10H2,1H3. The molecule has 122 valence electrons. The third kappa shape index (κ3) is 3.74. The molecule has 0 spiro atoms. The van der Waals surface area contributed by atoms with E-state index in [1.54, 1.807) is 30.3 Å². The molecule has 5 nitrogen and oxygen atoms in total. The van der Waals surface area contributed by atoms with Crippen LogP contribution >= 0.6 is 0 Å². The van der Waals surface area contributed by atoms with Crippen LogP contribution in [0.25, 0.3) is 0 Å². The summed E-state index contributed by atoms with van der Waals surface area (Å²) in [5.41, 5.74) is 0.172. The van der Waals surface area contributed by atoms with Gasteiger partial charge in [0.1, 0.15) is 0 Å². The molecule has 0 aliphatic carbocycles. The molecule has 2 aromatic carbocycles. The summed E-state index contributed by atoms with van der Waals surface area (Å²) in [6.45, 7) is 2.35. The minimum Gasteiger partial charge on any atom is -0.504 e. The molecule has 5 heteroatoms. The minimum atomic E-state index is -0.624. The molecule has 0 aromatic heterocycles. The second kappa shape index (κ2) is 7.54. The highest BCUT2D eigenvalue weighted by atomic mass is 16.5. The number of unbranched alkanes of at least 4 members (excludes halogenated alkanes) is 2. The fraction of sp³-hybridized carbons (Fsp3) is 0.278. The Labute approximate surface area is 134 Å². The molecule has 0 atom stereocenters. The number of hydrogen-bond donors (Lipinski definition) is 3. The van der Waals surface area contributed by atoms with Crippen LogP contribution < -0.4 is 4.74 Å². The SMILES string of the molecule is CCCCCOc1c(O)cc(C(=O)c2ccccc2)c(O)c1O. The second-order valence-electron chi connectivity index (χ2n) is 5.22. The van der Waals surface area contributed by atoms with E-state index < -0.39 is 17.3 Å². The lowest BCUT2D eigenvalue weighted by Gasteiger charge is -2.13. The zero-order chi connectivity index (χ0) is 16.8. The van der Waals surface area contributed by atoms with Crippen LogP contribution in [-0.4, -0.2) is 27.7 Å². The summed E-state index contributed by atoms with van der Waals surface area (Å²) in [6, 6.07) is 9.43. The molecule has 2 aromatic rings. The molecular weight excluding hydrogens is 296 g/mol. The van der Waals surface area contributed by atoms with Crippen molar-refractivity contribution in [1.29, 1.82) is 0 Å². The molecule has 0 saturated heterocycles. The molecule has 0 amide bonds. The molecule has 2 rings (SSSR count). The predicted octanol–water partition coefficient (Wildman–Crippen LogP) is 3.60. The average molecular weight is 316 g/mol. The van der Waals surface area contributed by atoms with Crippen LogP contribution in [0.15, 0.2) is 36.4 Å². The van der Waals surface area contributed by atoms with Crippen molar-refractivity contribution in [1.82, 2.24) is 0 Å². The van der Waals surface area contributed by atoms with Gasteiger partial charge < -0.3 is 20.1 Å². The van der Waals surface area contributed by atoms with Crippen LogP contribution in [0.5, 0.6) is 23.0 Å². The van der Waals surface area contributed by atoms with E-state index >= 15 is 0 Å². The van der Waals surface area contributed by atoms with Gasteiger partial charge in [-0.05, 0) is 12.5 Å². The van der Waals surface area contributed by atoms with Crippen molar-refractivity contribution >= 4 is 5.78 Å². The molecule has 0 unspecified atom stereocenters.